The fourth-order valence-corrected chi connectivity index (χ4v) is 4.02. The fourth-order valence-electron chi connectivity index (χ4n) is 3.47. The van der Waals surface area contributed by atoms with Crippen LogP contribution in [0.1, 0.15) is 27.7 Å². The first-order valence-corrected chi connectivity index (χ1v) is 12.1. The number of hydrogen-bond donors (Lipinski definition) is 4. The van der Waals surface area contributed by atoms with E-state index in [0.717, 1.165) is 0 Å². The van der Waals surface area contributed by atoms with Crippen LogP contribution in [0.4, 0.5) is 0 Å². The highest BCUT2D eigenvalue weighted by atomic mass is 31.0. The largest absolute Gasteiger partial charge is 0.390 e. The molecule has 0 spiro atoms. The van der Waals surface area contributed by atoms with Crippen LogP contribution < -0.4 is 0 Å². The average Bonchev–Trinajstić information content (AvgIpc) is 3.27. The van der Waals surface area contributed by atoms with Crippen molar-refractivity contribution < 1.29 is 53.0 Å². The molecule has 3 rings (SSSR count). The van der Waals surface area contributed by atoms with Crippen LogP contribution in [-0.2, 0) is 32.6 Å². The molecule has 0 aromatic heterocycles. The highest BCUT2D eigenvalue weighted by molar-refractivity contribution is 7.10. The van der Waals surface area contributed by atoms with Crippen molar-refractivity contribution in [2.24, 2.45) is 11.8 Å². The van der Waals surface area contributed by atoms with Gasteiger partial charge in [0.2, 0.25) is 0 Å². The third-order valence-corrected chi connectivity index (χ3v) is 6.58. The van der Waals surface area contributed by atoms with E-state index in [9.17, 15) is 9.90 Å². The van der Waals surface area contributed by atoms with Crippen LogP contribution in [0.15, 0.2) is 0 Å². The van der Waals surface area contributed by atoms with E-state index < -0.39 is 24.6 Å². The maximum absolute atomic E-state index is 11.3. The van der Waals surface area contributed by atoms with Gasteiger partial charge in [-0.15, -0.1) is 0 Å². The van der Waals surface area contributed by atoms with Gasteiger partial charge < -0.3 is 48.2 Å². The first-order valence-electron chi connectivity index (χ1n) is 10.7. The van der Waals surface area contributed by atoms with Crippen molar-refractivity contribution in [1.29, 1.82) is 0 Å². The van der Waals surface area contributed by atoms with Crippen LogP contribution in [0.5, 0.6) is 0 Å². The first-order chi connectivity index (χ1) is 15.5. The molecule has 14 heteroatoms. The second-order valence-corrected chi connectivity index (χ2v) is 9.30. The Morgan fingerprint density at radius 1 is 0.727 bits per heavy atom. The number of Topliss-reactive ketones (excluding diaryl/α,β-unsaturated/α-hetero) is 1. The summed E-state index contributed by atoms with van der Waals surface area (Å²) < 4.78 is 29.7. The summed E-state index contributed by atoms with van der Waals surface area (Å²) in [4.78, 5) is 11.3. The Labute approximate surface area is 202 Å². The molecule has 3 aliphatic rings. The van der Waals surface area contributed by atoms with Gasteiger partial charge in [-0.2, -0.15) is 0 Å². The van der Waals surface area contributed by atoms with Gasteiger partial charge in [-0.3, -0.25) is 4.79 Å². The summed E-state index contributed by atoms with van der Waals surface area (Å²) >= 11 is 0. The minimum atomic E-state index is -1.31. The van der Waals surface area contributed by atoms with Crippen LogP contribution >= 0.6 is 28.4 Å². The lowest BCUT2D eigenvalue weighted by Gasteiger charge is -2.13. The Kier molecular flexibility index (Phi) is 15.0. The zero-order valence-corrected chi connectivity index (χ0v) is 22.8. The molecule has 4 unspecified atom stereocenters. The number of carbonyl (C=O) groups excluding carboxylic acids is 1. The number of carbonyl (C=O) groups is 1. The minimum Gasteiger partial charge on any atom is -0.390 e. The van der Waals surface area contributed by atoms with Crippen LogP contribution in [0.3, 0.4) is 0 Å². The molecule has 11 nitrogen and oxygen atoms in total. The second-order valence-electron chi connectivity index (χ2n) is 8.30. The quantitative estimate of drug-likeness (QED) is 0.328. The van der Waals surface area contributed by atoms with Gasteiger partial charge in [-0.25, -0.2) is 0 Å². The highest BCUT2D eigenvalue weighted by Gasteiger charge is 2.41. The summed E-state index contributed by atoms with van der Waals surface area (Å²) in [6.07, 6.45) is -5.00. The van der Waals surface area contributed by atoms with Crippen molar-refractivity contribution in [1.82, 2.24) is 0 Å². The zero-order chi connectivity index (χ0) is 25.3. The van der Waals surface area contributed by atoms with E-state index in [0.29, 0.717) is 13.2 Å². The summed E-state index contributed by atoms with van der Waals surface area (Å²) in [5.41, 5.74) is 0. The topological polar surface area (TPSA) is 153 Å². The molecule has 0 aromatic rings. The minimum absolute atomic E-state index is 0.0140. The molecular formula is C19H39O11P3. The lowest BCUT2D eigenvalue weighted by Crippen LogP contribution is -2.33. The van der Waals surface area contributed by atoms with Gasteiger partial charge in [0.25, 0.3) is 0 Å². The van der Waals surface area contributed by atoms with E-state index in [1.807, 2.05) is 37.2 Å². The summed E-state index contributed by atoms with van der Waals surface area (Å²) in [5, 5.41) is 36.5. The molecule has 3 saturated heterocycles. The third-order valence-electron chi connectivity index (χ3n) is 6.00. The maximum atomic E-state index is 11.3. The number of aliphatic hydroxyl groups excluding tert-OH is 4. The van der Waals surface area contributed by atoms with Gasteiger partial charge in [0, 0.05) is 40.2 Å². The molecule has 0 amide bonds. The summed E-state index contributed by atoms with van der Waals surface area (Å²) in [6.45, 7) is 8.66. The van der Waals surface area contributed by atoms with E-state index in [1.54, 1.807) is 0 Å². The third kappa shape index (κ3) is 9.18. The van der Waals surface area contributed by atoms with Crippen LogP contribution in [0, 0.1) is 11.8 Å². The van der Waals surface area contributed by atoms with Gasteiger partial charge in [-0.05, 0) is 13.8 Å². The molecule has 0 aliphatic carbocycles. The lowest BCUT2D eigenvalue weighted by atomic mass is 10.00. The van der Waals surface area contributed by atoms with Crippen LogP contribution in [-0.4, -0.2) is 101 Å². The van der Waals surface area contributed by atoms with E-state index in [4.69, 9.17) is 38.6 Å². The normalized spacial score (nSPS) is 42.5. The Balaban J connectivity index is 0.000000247. The Morgan fingerprint density at radius 3 is 1.58 bits per heavy atom. The Bertz CT molecular complexity index is 545. The van der Waals surface area contributed by atoms with Gasteiger partial charge in [0.15, 0.2) is 12.1 Å². The predicted molar refractivity (Wildman–Crippen MR) is 128 cm³/mol. The summed E-state index contributed by atoms with van der Waals surface area (Å²) in [7, 11) is 6.27. The van der Waals surface area contributed by atoms with Crippen molar-refractivity contribution in [3.8, 4) is 0 Å². The fraction of sp³-hybridized carbons (Fsp3) is 0.947. The predicted octanol–water partition coefficient (Wildman–Crippen LogP) is -0.405. The number of ether oxygens (including phenoxy) is 3. The summed E-state index contributed by atoms with van der Waals surface area (Å²) in [5.74, 6) is 0.375. The number of ketones is 1. The van der Waals surface area contributed by atoms with Crippen molar-refractivity contribution in [3.05, 3.63) is 0 Å². The van der Waals surface area contributed by atoms with Crippen molar-refractivity contribution in [2.75, 3.05) is 19.8 Å². The molecule has 0 aromatic carbocycles. The molecule has 196 valence electrons. The molecule has 4 N–H and O–H groups in total. The van der Waals surface area contributed by atoms with E-state index in [1.165, 1.54) is 0 Å². The van der Waals surface area contributed by atoms with E-state index in [2.05, 4.69) is 23.5 Å². The maximum Gasteiger partial charge on any atom is 0.184 e. The van der Waals surface area contributed by atoms with Gasteiger partial charge in [0.1, 0.15) is 30.5 Å². The lowest BCUT2D eigenvalue weighted by molar-refractivity contribution is -0.131. The smallest absolute Gasteiger partial charge is 0.184 e. The summed E-state index contributed by atoms with van der Waals surface area (Å²) in [6, 6.07) is 0. The Morgan fingerprint density at radius 2 is 1.24 bits per heavy atom. The SMILES string of the molecule is C[C@@H]1O[C@H](COP)C(=O)[C@@H]1C.C[C@H]1[C@H](O)[C@@H](COP)O[C@H]1C.OC1O[C@H](COP)[C@@H](O)[C@@H]1O. The molecule has 3 aliphatic heterocycles. The second kappa shape index (κ2) is 15.6. The molecule has 0 radical (unpaired) electrons. The van der Waals surface area contributed by atoms with E-state index >= 15 is 0 Å². The highest BCUT2D eigenvalue weighted by Crippen LogP contribution is 2.26. The first kappa shape index (κ1) is 31.6. The molecular weight excluding hydrogens is 497 g/mol. The van der Waals surface area contributed by atoms with E-state index in [-0.39, 0.29) is 54.7 Å². The van der Waals surface area contributed by atoms with Crippen LogP contribution in [0.2, 0.25) is 0 Å². The van der Waals surface area contributed by atoms with Crippen LogP contribution in [0.25, 0.3) is 0 Å². The molecule has 0 saturated carbocycles. The molecule has 3 fully saturated rings. The monoisotopic (exact) mass is 536 g/mol. The van der Waals surface area contributed by atoms with Gasteiger partial charge in [0.05, 0.1) is 38.1 Å². The van der Waals surface area contributed by atoms with Crippen molar-refractivity contribution in [2.45, 2.75) is 82.8 Å². The number of aliphatic hydroxyl groups is 4. The zero-order valence-electron chi connectivity index (χ0n) is 19.4. The van der Waals surface area contributed by atoms with Gasteiger partial charge in [-0.1, -0.05) is 13.8 Å². The molecule has 14 atom stereocenters. The Hall–Kier alpha value is 0.560. The number of hydrogen-bond acceptors (Lipinski definition) is 11. The number of rotatable bonds is 6. The standard InChI is InChI=1S/C7H15O3P.C7H13O3P.C5H11O5P/c2*1-4-5(2)10-6(3-9-11)7(4)8;6-3-2(1-9-11)10-5(8)4(3)7/h4-8H,3,11H2,1-2H3;4-6H,3,11H2,1-2H3;2-8H,1,11H2/t4-,5+,6-,7+;4-,5+,6-;2-,3-,4+,5?/m111/s1. The molecule has 0 bridgehead atoms. The van der Waals surface area contributed by atoms with Crippen molar-refractivity contribution in [3.63, 3.8) is 0 Å². The molecule has 33 heavy (non-hydrogen) atoms. The average molecular weight is 536 g/mol. The van der Waals surface area contributed by atoms with Gasteiger partial charge >= 0.3 is 0 Å². The molecule has 3 heterocycles. The van der Waals surface area contributed by atoms with Crippen molar-refractivity contribution >= 4 is 34.2 Å².